The average Bonchev–Trinajstić information content (AvgIpc) is 2.81. The molecule has 1 unspecified atom stereocenters. The van der Waals surface area contributed by atoms with Gasteiger partial charge in [-0.2, -0.15) is 0 Å². The molecule has 1 amide bonds. The van der Waals surface area contributed by atoms with Gasteiger partial charge in [-0.05, 0) is 61.2 Å². The maximum Gasteiger partial charge on any atom is 0.408 e. The maximum atomic E-state index is 12.2. The number of carboxylic acid groups (broad SMARTS) is 1. The molecule has 3 rings (SSSR count). The van der Waals surface area contributed by atoms with Gasteiger partial charge in [0.15, 0.2) is 0 Å². The molecule has 35 heavy (non-hydrogen) atoms. The van der Waals surface area contributed by atoms with Gasteiger partial charge in [0.25, 0.3) is 0 Å². The Hall–Kier alpha value is -3.84. The topological polar surface area (TPSA) is 105 Å². The molecule has 0 spiro atoms. The van der Waals surface area contributed by atoms with E-state index in [1.54, 1.807) is 39.0 Å². The number of benzene rings is 3. The SMILES string of the molecule is CC(C)(C)OC(=O)NC(CO)c1cccc(-c2cccc(COc3ccccc3CC(=O)O)c2)c1. The fraction of sp³-hybridized carbons (Fsp3) is 0.286. The number of hydrogen-bond donors (Lipinski definition) is 3. The summed E-state index contributed by atoms with van der Waals surface area (Å²) >= 11 is 0. The van der Waals surface area contributed by atoms with Crippen LogP contribution in [-0.4, -0.2) is 34.5 Å². The summed E-state index contributed by atoms with van der Waals surface area (Å²) in [6, 6.07) is 21.9. The van der Waals surface area contributed by atoms with Crippen LogP contribution in [-0.2, 0) is 22.6 Å². The van der Waals surface area contributed by atoms with Crippen molar-refractivity contribution in [2.24, 2.45) is 0 Å². The summed E-state index contributed by atoms with van der Waals surface area (Å²) in [5, 5.41) is 21.7. The Bertz CT molecular complexity index is 1170. The van der Waals surface area contributed by atoms with Crippen LogP contribution in [0.2, 0.25) is 0 Å². The average molecular weight is 478 g/mol. The lowest BCUT2D eigenvalue weighted by molar-refractivity contribution is -0.136. The standard InChI is InChI=1S/C28H31NO6/c1-28(2,3)35-27(33)29-24(17-30)22-12-7-11-21(15-22)20-10-6-8-19(14-20)18-34-25-13-5-4-9-23(25)16-26(31)32/h4-15,24,30H,16-18H2,1-3H3,(H,29,33)(H,31,32). The molecule has 0 saturated heterocycles. The van der Waals surface area contributed by atoms with Gasteiger partial charge in [0.05, 0.1) is 19.1 Å². The van der Waals surface area contributed by atoms with Gasteiger partial charge in [-0.25, -0.2) is 4.79 Å². The van der Waals surface area contributed by atoms with Crippen molar-refractivity contribution in [2.75, 3.05) is 6.61 Å². The quantitative estimate of drug-likeness (QED) is 0.395. The van der Waals surface area contributed by atoms with E-state index in [1.165, 1.54) is 0 Å². The fourth-order valence-corrected chi connectivity index (χ4v) is 3.57. The highest BCUT2D eigenvalue weighted by molar-refractivity contribution is 5.71. The largest absolute Gasteiger partial charge is 0.489 e. The van der Waals surface area contributed by atoms with E-state index in [0.29, 0.717) is 11.3 Å². The Balaban J connectivity index is 1.74. The summed E-state index contributed by atoms with van der Waals surface area (Å²) in [6.45, 7) is 5.35. The summed E-state index contributed by atoms with van der Waals surface area (Å²) in [4.78, 5) is 23.3. The zero-order valence-electron chi connectivity index (χ0n) is 20.2. The Morgan fingerprint density at radius 3 is 2.31 bits per heavy atom. The van der Waals surface area contributed by atoms with Crippen molar-refractivity contribution >= 4 is 12.1 Å². The molecule has 184 valence electrons. The molecule has 0 radical (unpaired) electrons. The minimum atomic E-state index is -0.912. The van der Waals surface area contributed by atoms with Gasteiger partial charge < -0.3 is 25.0 Å². The highest BCUT2D eigenvalue weighted by Crippen LogP contribution is 2.26. The van der Waals surface area contributed by atoms with Crippen molar-refractivity contribution < 1.29 is 29.3 Å². The number of para-hydroxylation sites is 1. The highest BCUT2D eigenvalue weighted by atomic mass is 16.6. The summed E-state index contributed by atoms with van der Waals surface area (Å²) < 4.78 is 11.2. The van der Waals surface area contributed by atoms with Crippen LogP contribution in [0.15, 0.2) is 72.8 Å². The van der Waals surface area contributed by atoms with E-state index in [-0.39, 0.29) is 19.6 Å². The maximum absolute atomic E-state index is 12.2. The zero-order chi connectivity index (χ0) is 25.4. The lowest BCUT2D eigenvalue weighted by Gasteiger charge is -2.23. The van der Waals surface area contributed by atoms with Crippen LogP contribution in [0.25, 0.3) is 11.1 Å². The van der Waals surface area contributed by atoms with Gasteiger partial charge in [-0.1, -0.05) is 54.6 Å². The van der Waals surface area contributed by atoms with Gasteiger partial charge in [0.1, 0.15) is 18.0 Å². The first-order valence-corrected chi connectivity index (χ1v) is 11.4. The van der Waals surface area contributed by atoms with E-state index in [1.807, 2.05) is 54.6 Å². The Morgan fingerprint density at radius 2 is 1.63 bits per heavy atom. The zero-order valence-corrected chi connectivity index (χ0v) is 20.2. The first kappa shape index (κ1) is 25.8. The number of ether oxygens (including phenoxy) is 2. The van der Waals surface area contributed by atoms with E-state index in [4.69, 9.17) is 14.6 Å². The molecule has 1 atom stereocenters. The van der Waals surface area contributed by atoms with Crippen LogP contribution in [0.1, 0.15) is 43.5 Å². The van der Waals surface area contributed by atoms with Crippen molar-refractivity contribution in [2.45, 2.75) is 45.4 Å². The van der Waals surface area contributed by atoms with Crippen molar-refractivity contribution in [3.63, 3.8) is 0 Å². The van der Waals surface area contributed by atoms with Crippen LogP contribution in [0.3, 0.4) is 0 Å². The molecule has 0 heterocycles. The van der Waals surface area contributed by atoms with Gasteiger partial charge in [0, 0.05) is 5.56 Å². The van der Waals surface area contributed by atoms with Gasteiger partial charge >= 0.3 is 12.1 Å². The second kappa shape index (κ2) is 11.5. The van der Waals surface area contributed by atoms with Crippen molar-refractivity contribution in [3.05, 3.63) is 89.5 Å². The van der Waals surface area contributed by atoms with Crippen LogP contribution >= 0.6 is 0 Å². The van der Waals surface area contributed by atoms with Crippen molar-refractivity contribution in [1.82, 2.24) is 5.32 Å². The molecule has 7 nitrogen and oxygen atoms in total. The molecule has 0 aliphatic heterocycles. The van der Waals surface area contributed by atoms with E-state index < -0.39 is 23.7 Å². The summed E-state index contributed by atoms with van der Waals surface area (Å²) in [7, 11) is 0. The molecular weight excluding hydrogens is 446 g/mol. The summed E-state index contributed by atoms with van der Waals surface area (Å²) in [6.07, 6.45) is -0.698. The van der Waals surface area contributed by atoms with Gasteiger partial charge in [-0.15, -0.1) is 0 Å². The molecule has 3 aromatic carbocycles. The second-order valence-electron chi connectivity index (χ2n) is 9.17. The predicted octanol–water partition coefficient (Wildman–Crippen LogP) is 5.12. The predicted molar refractivity (Wildman–Crippen MR) is 133 cm³/mol. The summed E-state index contributed by atoms with van der Waals surface area (Å²) in [5.41, 5.74) is 3.52. The van der Waals surface area contributed by atoms with Crippen LogP contribution in [0, 0.1) is 0 Å². The molecular formula is C28H31NO6. The number of hydrogen-bond acceptors (Lipinski definition) is 5. The van der Waals surface area contributed by atoms with Gasteiger partial charge in [0.2, 0.25) is 0 Å². The number of carbonyl (C=O) groups excluding carboxylic acids is 1. The number of amides is 1. The monoisotopic (exact) mass is 477 g/mol. The fourth-order valence-electron chi connectivity index (χ4n) is 3.57. The first-order chi connectivity index (χ1) is 16.6. The molecule has 0 saturated carbocycles. The highest BCUT2D eigenvalue weighted by Gasteiger charge is 2.20. The third-order valence-corrected chi connectivity index (χ3v) is 5.13. The number of nitrogens with one attached hydrogen (secondary N) is 1. The molecule has 0 aliphatic rings. The van der Waals surface area contributed by atoms with Crippen molar-refractivity contribution in [3.8, 4) is 16.9 Å². The molecule has 3 N–H and O–H groups in total. The molecule has 0 bridgehead atoms. The number of carbonyl (C=O) groups is 2. The number of aliphatic carboxylic acids is 1. The minimum Gasteiger partial charge on any atom is -0.489 e. The Morgan fingerprint density at radius 1 is 0.943 bits per heavy atom. The minimum absolute atomic E-state index is 0.105. The van der Waals surface area contributed by atoms with E-state index in [2.05, 4.69) is 5.32 Å². The van der Waals surface area contributed by atoms with Crippen LogP contribution in [0.4, 0.5) is 4.79 Å². The first-order valence-electron chi connectivity index (χ1n) is 11.4. The number of rotatable bonds is 9. The van der Waals surface area contributed by atoms with Crippen LogP contribution < -0.4 is 10.1 Å². The molecule has 0 aliphatic carbocycles. The lowest BCUT2D eigenvalue weighted by Crippen LogP contribution is -2.36. The van der Waals surface area contributed by atoms with E-state index >= 15 is 0 Å². The normalized spacial score (nSPS) is 12.0. The second-order valence-corrected chi connectivity index (χ2v) is 9.17. The third kappa shape index (κ3) is 7.86. The number of alkyl carbamates (subject to hydrolysis) is 1. The lowest BCUT2D eigenvalue weighted by atomic mass is 9.98. The molecule has 3 aromatic rings. The smallest absolute Gasteiger partial charge is 0.408 e. The Kier molecular flexibility index (Phi) is 8.49. The van der Waals surface area contributed by atoms with E-state index in [9.17, 15) is 14.7 Å². The number of carboxylic acids is 1. The number of aliphatic hydroxyl groups is 1. The molecule has 0 aromatic heterocycles. The van der Waals surface area contributed by atoms with Crippen LogP contribution in [0.5, 0.6) is 5.75 Å². The molecule has 7 heteroatoms. The summed E-state index contributed by atoms with van der Waals surface area (Å²) in [5.74, 6) is -0.369. The van der Waals surface area contributed by atoms with Crippen molar-refractivity contribution in [1.29, 1.82) is 0 Å². The van der Waals surface area contributed by atoms with E-state index in [0.717, 1.165) is 22.3 Å². The number of aliphatic hydroxyl groups excluding tert-OH is 1. The Labute approximate surface area is 205 Å². The third-order valence-electron chi connectivity index (χ3n) is 5.13. The van der Waals surface area contributed by atoms with Gasteiger partial charge in [-0.3, -0.25) is 4.79 Å². The molecule has 0 fully saturated rings.